The van der Waals surface area contributed by atoms with E-state index in [1.807, 2.05) is 31.2 Å². The molecule has 0 unspecified atom stereocenters. The Morgan fingerprint density at radius 2 is 1.92 bits per heavy atom. The second kappa shape index (κ2) is 8.05. The van der Waals surface area contributed by atoms with Gasteiger partial charge in [-0.05, 0) is 71.4 Å². The molecule has 0 saturated carbocycles. The Labute approximate surface area is 158 Å². The van der Waals surface area contributed by atoms with E-state index in [-0.39, 0.29) is 11.9 Å². The van der Waals surface area contributed by atoms with E-state index in [1.54, 1.807) is 0 Å². The molecule has 3 nitrogen and oxygen atoms in total. The molecule has 1 aliphatic heterocycles. The summed E-state index contributed by atoms with van der Waals surface area (Å²) < 4.78 is 0.814. The summed E-state index contributed by atoms with van der Waals surface area (Å²) >= 11 is 3.44. The summed E-state index contributed by atoms with van der Waals surface area (Å²) in [5.41, 5.74) is 3.06. The maximum Gasteiger partial charge on any atom is 0.252 e. The smallest absolute Gasteiger partial charge is 0.252 e. The highest BCUT2D eigenvalue weighted by atomic mass is 79.9. The summed E-state index contributed by atoms with van der Waals surface area (Å²) in [7, 11) is 0. The third kappa shape index (κ3) is 4.43. The van der Waals surface area contributed by atoms with Gasteiger partial charge in [-0.2, -0.15) is 0 Å². The molecule has 2 aromatic carbocycles. The monoisotopic (exact) mass is 400 g/mol. The zero-order chi connectivity index (χ0) is 17.8. The summed E-state index contributed by atoms with van der Waals surface area (Å²) in [6, 6.07) is 16.1. The topological polar surface area (TPSA) is 32.3 Å². The van der Waals surface area contributed by atoms with Gasteiger partial charge in [0.15, 0.2) is 0 Å². The molecule has 1 N–H and O–H groups in total. The first-order valence-corrected chi connectivity index (χ1v) is 9.74. The van der Waals surface area contributed by atoms with Crippen LogP contribution in [0.4, 0.5) is 5.69 Å². The number of rotatable bonds is 4. The third-order valence-corrected chi connectivity index (χ3v) is 5.57. The molecule has 4 heteroatoms. The van der Waals surface area contributed by atoms with Crippen LogP contribution < -0.4 is 10.2 Å². The first-order chi connectivity index (χ1) is 12.0. The van der Waals surface area contributed by atoms with Crippen molar-refractivity contribution in [3.8, 4) is 0 Å². The Bertz CT molecular complexity index is 729. The van der Waals surface area contributed by atoms with E-state index in [4.69, 9.17) is 0 Å². The van der Waals surface area contributed by atoms with Crippen molar-refractivity contribution in [3.63, 3.8) is 0 Å². The fourth-order valence-electron chi connectivity index (χ4n) is 3.40. The highest BCUT2D eigenvalue weighted by Crippen LogP contribution is 2.25. The second-order valence-electron chi connectivity index (χ2n) is 6.96. The number of halogens is 1. The molecule has 2 atom stereocenters. The van der Waals surface area contributed by atoms with Crippen molar-refractivity contribution in [2.24, 2.45) is 5.92 Å². The van der Waals surface area contributed by atoms with Gasteiger partial charge >= 0.3 is 0 Å². The molecule has 0 spiro atoms. The number of amides is 1. The number of carbonyl (C=O) groups is 1. The van der Waals surface area contributed by atoms with Gasteiger partial charge in [0.2, 0.25) is 0 Å². The zero-order valence-electron chi connectivity index (χ0n) is 14.8. The Balaban J connectivity index is 1.65. The maximum atomic E-state index is 12.5. The lowest BCUT2D eigenvalue weighted by atomic mass is 9.99. The number of carbonyl (C=O) groups excluding carboxylic acids is 1. The number of benzene rings is 2. The predicted molar refractivity (Wildman–Crippen MR) is 107 cm³/mol. The fraction of sp³-hybridized carbons (Fsp3) is 0.381. The van der Waals surface area contributed by atoms with Gasteiger partial charge < -0.3 is 10.2 Å². The van der Waals surface area contributed by atoms with E-state index in [2.05, 4.69) is 57.3 Å². The first-order valence-electron chi connectivity index (χ1n) is 8.95. The van der Waals surface area contributed by atoms with Crippen molar-refractivity contribution < 1.29 is 4.79 Å². The normalized spacial score (nSPS) is 18.7. The van der Waals surface area contributed by atoms with Crippen LogP contribution in [0, 0.1) is 5.92 Å². The lowest BCUT2D eigenvalue weighted by Crippen LogP contribution is -2.34. The van der Waals surface area contributed by atoms with Crippen LogP contribution in [0.1, 0.15) is 48.7 Å². The predicted octanol–water partition coefficient (Wildman–Crippen LogP) is 5.18. The molecule has 0 bridgehead atoms. The fourth-order valence-corrected chi connectivity index (χ4v) is 3.87. The van der Waals surface area contributed by atoms with E-state index < -0.39 is 0 Å². The van der Waals surface area contributed by atoms with Gasteiger partial charge in [-0.3, -0.25) is 4.79 Å². The molecular formula is C21H25BrN2O. The summed E-state index contributed by atoms with van der Waals surface area (Å²) in [5, 5.41) is 3.08. The summed E-state index contributed by atoms with van der Waals surface area (Å²) in [6.45, 7) is 6.61. The van der Waals surface area contributed by atoms with E-state index in [9.17, 15) is 4.79 Å². The van der Waals surface area contributed by atoms with Gasteiger partial charge in [0.05, 0.1) is 11.6 Å². The molecule has 1 aliphatic rings. The van der Waals surface area contributed by atoms with Gasteiger partial charge in [-0.25, -0.2) is 0 Å². The summed E-state index contributed by atoms with van der Waals surface area (Å²) in [6.07, 6.45) is 2.59. The molecule has 25 heavy (non-hydrogen) atoms. The van der Waals surface area contributed by atoms with Crippen LogP contribution in [0.3, 0.4) is 0 Å². The van der Waals surface area contributed by atoms with Crippen molar-refractivity contribution in [2.45, 2.75) is 32.7 Å². The van der Waals surface area contributed by atoms with E-state index >= 15 is 0 Å². The van der Waals surface area contributed by atoms with E-state index in [0.717, 1.165) is 29.0 Å². The standard InChI is InChI=1S/C21H25BrN2O/c1-15-6-5-13-24(14-15)18-11-9-17(10-12-18)16(2)23-21(25)19-7-3-4-8-20(19)22/h3-4,7-12,15-16H,5-6,13-14H2,1-2H3,(H,23,25)/t15-,16+/m0/s1. The van der Waals surface area contributed by atoms with Gasteiger partial charge in [-0.15, -0.1) is 0 Å². The van der Waals surface area contributed by atoms with Crippen LogP contribution in [-0.4, -0.2) is 19.0 Å². The SMILES string of the molecule is C[C@H]1CCCN(c2ccc([C@@H](C)NC(=O)c3ccccc3Br)cc2)C1. The molecule has 0 radical (unpaired) electrons. The average Bonchev–Trinajstić information content (AvgIpc) is 2.62. The van der Waals surface area contributed by atoms with Crippen molar-refractivity contribution in [1.82, 2.24) is 5.32 Å². The molecule has 1 fully saturated rings. The molecule has 1 saturated heterocycles. The Hall–Kier alpha value is -1.81. The molecule has 0 aliphatic carbocycles. The van der Waals surface area contributed by atoms with Crippen LogP contribution in [0.5, 0.6) is 0 Å². The Morgan fingerprint density at radius 1 is 1.20 bits per heavy atom. The van der Waals surface area contributed by atoms with Crippen LogP contribution in [0.25, 0.3) is 0 Å². The van der Waals surface area contributed by atoms with E-state index in [0.29, 0.717) is 5.56 Å². The molecule has 0 aromatic heterocycles. The number of nitrogens with zero attached hydrogens (tertiary/aromatic N) is 1. The summed E-state index contributed by atoms with van der Waals surface area (Å²) in [5.74, 6) is 0.699. The minimum absolute atomic E-state index is 0.0334. The van der Waals surface area contributed by atoms with Crippen molar-refractivity contribution >= 4 is 27.5 Å². The van der Waals surface area contributed by atoms with Gasteiger partial charge in [-0.1, -0.05) is 31.2 Å². The average molecular weight is 401 g/mol. The van der Waals surface area contributed by atoms with Gasteiger partial charge in [0, 0.05) is 23.2 Å². The molecule has 3 rings (SSSR count). The molecular weight excluding hydrogens is 376 g/mol. The van der Waals surface area contributed by atoms with Crippen LogP contribution >= 0.6 is 15.9 Å². The highest BCUT2D eigenvalue weighted by Gasteiger charge is 2.17. The number of anilines is 1. The lowest BCUT2D eigenvalue weighted by molar-refractivity contribution is 0.0939. The number of hydrogen-bond acceptors (Lipinski definition) is 2. The van der Waals surface area contributed by atoms with Crippen LogP contribution in [0.15, 0.2) is 53.0 Å². The third-order valence-electron chi connectivity index (χ3n) is 4.88. The van der Waals surface area contributed by atoms with Crippen molar-refractivity contribution in [3.05, 3.63) is 64.1 Å². The maximum absolute atomic E-state index is 12.5. The van der Waals surface area contributed by atoms with Crippen LogP contribution in [-0.2, 0) is 0 Å². The molecule has 2 aromatic rings. The van der Waals surface area contributed by atoms with Crippen molar-refractivity contribution in [2.75, 3.05) is 18.0 Å². The second-order valence-corrected chi connectivity index (χ2v) is 7.81. The zero-order valence-corrected chi connectivity index (χ0v) is 16.4. The van der Waals surface area contributed by atoms with Crippen LogP contribution in [0.2, 0.25) is 0 Å². The van der Waals surface area contributed by atoms with Gasteiger partial charge in [0.1, 0.15) is 0 Å². The molecule has 132 valence electrons. The number of hydrogen-bond donors (Lipinski definition) is 1. The largest absolute Gasteiger partial charge is 0.371 e. The Kier molecular flexibility index (Phi) is 5.79. The van der Waals surface area contributed by atoms with E-state index in [1.165, 1.54) is 18.5 Å². The highest BCUT2D eigenvalue weighted by molar-refractivity contribution is 9.10. The minimum atomic E-state index is -0.0612. The molecule has 1 amide bonds. The first kappa shape index (κ1) is 18.0. The lowest BCUT2D eigenvalue weighted by Gasteiger charge is -2.33. The minimum Gasteiger partial charge on any atom is -0.371 e. The number of nitrogens with one attached hydrogen (secondary N) is 1. The summed E-state index contributed by atoms with van der Waals surface area (Å²) in [4.78, 5) is 14.9. The number of piperidine rings is 1. The quantitative estimate of drug-likeness (QED) is 0.766. The van der Waals surface area contributed by atoms with Crippen molar-refractivity contribution in [1.29, 1.82) is 0 Å². The molecule has 1 heterocycles. The van der Waals surface area contributed by atoms with Gasteiger partial charge in [0.25, 0.3) is 5.91 Å². The Morgan fingerprint density at radius 3 is 2.60 bits per heavy atom.